The van der Waals surface area contributed by atoms with E-state index in [0.29, 0.717) is 30.7 Å². The molecule has 1 aliphatic heterocycles. The lowest BCUT2D eigenvalue weighted by Crippen LogP contribution is -2.24. The average molecular weight is 309 g/mol. The van der Waals surface area contributed by atoms with E-state index >= 15 is 0 Å². The number of hydrogen-bond donors (Lipinski definition) is 1. The zero-order chi connectivity index (χ0) is 15.0. The number of sulfone groups is 1. The third-order valence-electron chi connectivity index (χ3n) is 3.77. The maximum absolute atomic E-state index is 11.4. The van der Waals surface area contributed by atoms with Crippen molar-refractivity contribution in [1.82, 2.24) is 14.6 Å². The van der Waals surface area contributed by atoms with Gasteiger partial charge in [-0.3, -0.25) is 0 Å². The molecule has 1 fully saturated rings. The Balaban J connectivity index is 1.77. The van der Waals surface area contributed by atoms with Crippen molar-refractivity contribution >= 4 is 21.5 Å². The summed E-state index contributed by atoms with van der Waals surface area (Å²) in [5.41, 5.74) is 0.665. The van der Waals surface area contributed by atoms with Crippen LogP contribution < -0.4 is 0 Å². The molecule has 0 atom stereocenters. The van der Waals surface area contributed by atoms with E-state index in [9.17, 15) is 13.2 Å². The molecule has 3 heterocycles. The highest BCUT2D eigenvalue weighted by Crippen LogP contribution is 2.22. The van der Waals surface area contributed by atoms with Gasteiger partial charge in [0.25, 0.3) is 0 Å². The Labute approximate surface area is 121 Å². The molecule has 1 aliphatic rings. The van der Waals surface area contributed by atoms with E-state index in [0.717, 1.165) is 0 Å². The molecular formula is C13H15N3O4S. The summed E-state index contributed by atoms with van der Waals surface area (Å²) in [5.74, 6) is 0.355. The predicted octanol–water partition coefficient (Wildman–Crippen LogP) is 0.795. The molecule has 21 heavy (non-hydrogen) atoms. The van der Waals surface area contributed by atoms with E-state index in [1.807, 2.05) is 0 Å². The Morgan fingerprint density at radius 1 is 1.38 bits per heavy atom. The average Bonchev–Trinajstić information content (AvgIpc) is 2.82. The smallest absolute Gasteiger partial charge is 0.335 e. The Kier molecular flexibility index (Phi) is 3.40. The summed E-state index contributed by atoms with van der Waals surface area (Å²) in [6.45, 7) is 0. The quantitative estimate of drug-likeness (QED) is 0.899. The summed E-state index contributed by atoms with van der Waals surface area (Å²) >= 11 is 0. The van der Waals surface area contributed by atoms with E-state index in [2.05, 4.69) is 10.1 Å². The molecule has 112 valence electrons. The van der Waals surface area contributed by atoms with Gasteiger partial charge in [0, 0.05) is 12.6 Å². The molecule has 2 aromatic heterocycles. The Hall–Kier alpha value is -1.96. The van der Waals surface area contributed by atoms with Crippen LogP contribution >= 0.6 is 0 Å². The molecule has 3 rings (SSSR count). The van der Waals surface area contributed by atoms with Crippen LogP contribution in [0.5, 0.6) is 0 Å². The first-order valence-corrected chi connectivity index (χ1v) is 8.54. The van der Waals surface area contributed by atoms with Gasteiger partial charge in [0.2, 0.25) is 0 Å². The number of carboxylic acids is 1. The fourth-order valence-electron chi connectivity index (χ4n) is 2.55. The van der Waals surface area contributed by atoms with Gasteiger partial charge in [-0.15, -0.1) is 0 Å². The van der Waals surface area contributed by atoms with Gasteiger partial charge in [-0.05, 0) is 30.9 Å². The maximum Gasteiger partial charge on any atom is 0.335 e. The molecular weight excluding hydrogens is 294 g/mol. The summed E-state index contributed by atoms with van der Waals surface area (Å²) in [6, 6.07) is 2.95. The molecule has 0 radical (unpaired) electrons. The minimum absolute atomic E-state index is 0.171. The number of rotatable bonds is 3. The lowest BCUT2D eigenvalue weighted by Gasteiger charge is -2.20. The fourth-order valence-corrected chi connectivity index (χ4v) is 4.14. The van der Waals surface area contributed by atoms with Crippen LogP contribution in [0.4, 0.5) is 0 Å². The van der Waals surface area contributed by atoms with Gasteiger partial charge < -0.3 is 5.11 Å². The first-order chi connectivity index (χ1) is 9.93. The number of nitrogens with zero attached hydrogens (tertiary/aromatic N) is 3. The van der Waals surface area contributed by atoms with Gasteiger partial charge in [0.15, 0.2) is 11.5 Å². The Morgan fingerprint density at radius 2 is 2.10 bits per heavy atom. The molecule has 0 amide bonds. The molecule has 0 saturated carbocycles. The molecule has 0 aliphatic carbocycles. The summed E-state index contributed by atoms with van der Waals surface area (Å²) in [6.07, 6.45) is 3.47. The second-order valence-corrected chi connectivity index (χ2v) is 7.65. The number of hydrogen-bond acceptors (Lipinski definition) is 5. The highest BCUT2D eigenvalue weighted by atomic mass is 32.2. The number of pyridine rings is 1. The van der Waals surface area contributed by atoms with Crippen LogP contribution in [0.1, 0.15) is 29.0 Å². The molecule has 0 bridgehead atoms. The van der Waals surface area contributed by atoms with E-state index in [-0.39, 0.29) is 23.0 Å². The van der Waals surface area contributed by atoms with Crippen LogP contribution in [-0.2, 0) is 16.3 Å². The first-order valence-electron chi connectivity index (χ1n) is 6.72. The summed E-state index contributed by atoms with van der Waals surface area (Å²) in [7, 11) is -2.86. The van der Waals surface area contributed by atoms with Gasteiger partial charge in [0.1, 0.15) is 9.84 Å². The van der Waals surface area contributed by atoms with Crippen molar-refractivity contribution in [1.29, 1.82) is 0 Å². The number of fused-ring (bicyclic) bond motifs is 1. The van der Waals surface area contributed by atoms with E-state index in [4.69, 9.17) is 5.11 Å². The predicted molar refractivity (Wildman–Crippen MR) is 75.0 cm³/mol. The van der Waals surface area contributed by atoms with Crippen LogP contribution in [0.15, 0.2) is 18.3 Å². The minimum Gasteiger partial charge on any atom is -0.478 e. The zero-order valence-electron chi connectivity index (χ0n) is 11.3. The Morgan fingerprint density at radius 3 is 2.76 bits per heavy atom. The van der Waals surface area contributed by atoms with Crippen molar-refractivity contribution in [3.63, 3.8) is 0 Å². The molecule has 0 unspecified atom stereocenters. The summed E-state index contributed by atoms with van der Waals surface area (Å²) < 4.78 is 24.3. The van der Waals surface area contributed by atoms with Crippen molar-refractivity contribution < 1.29 is 18.3 Å². The topological polar surface area (TPSA) is 102 Å². The molecule has 8 heteroatoms. The SMILES string of the molecule is O=C(O)c1ccn2nc(CC3CCS(=O)(=O)CC3)nc2c1. The molecule has 7 nitrogen and oxygen atoms in total. The first kappa shape index (κ1) is 14.0. The van der Waals surface area contributed by atoms with Gasteiger partial charge in [0.05, 0.1) is 17.1 Å². The number of carbonyl (C=O) groups is 1. The highest BCUT2D eigenvalue weighted by Gasteiger charge is 2.24. The molecule has 0 spiro atoms. The van der Waals surface area contributed by atoms with Crippen LogP contribution in [0.25, 0.3) is 5.65 Å². The van der Waals surface area contributed by atoms with Crippen LogP contribution in [-0.4, -0.2) is 45.6 Å². The molecule has 0 aromatic carbocycles. The van der Waals surface area contributed by atoms with Gasteiger partial charge in [-0.1, -0.05) is 0 Å². The normalized spacial score (nSPS) is 18.9. The number of aromatic nitrogens is 3. The largest absolute Gasteiger partial charge is 0.478 e. The van der Waals surface area contributed by atoms with Crippen LogP contribution in [0.3, 0.4) is 0 Å². The van der Waals surface area contributed by atoms with Crippen LogP contribution in [0, 0.1) is 5.92 Å². The molecule has 1 saturated heterocycles. The van der Waals surface area contributed by atoms with Gasteiger partial charge >= 0.3 is 5.97 Å². The highest BCUT2D eigenvalue weighted by molar-refractivity contribution is 7.91. The second-order valence-electron chi connectivity index (χ2n) is 5.35. The standard InChI is InChI=1S/C13H15N3O4S/c17-13(18)10-1-4-16-12(8-10)14-11(15-16)7-9-2-5-21(19,20)6-3-9/h1,4,8-9H,2-3,5-7H2,(H,17,18). The van der Waals surface area contributed by atoms with Crippen molar-refractivity contribution in [3.05, 3.63) is 29.7 Å². The van der Waals surface area contributed by atoms with Gasteiger partial charge in [-0.2, -0.15) is 5.10 Å². The van der Waals surface area contributed by atoms with Gasteiger partial charge in [-0.25, -0.2) is 22.7 Å². The van der Waals surface area contributed by atoms with E-state index in [1.165, 1.54) is 12.1 Å². The summed E-state index contributed by atoms with van der Waals surface area (Å²) in [5, 5.41) is 13.3. The monoisotopic (exact) mass is 309 g/mol. The van der Waals surface area contributed by atoms with Crippen LogP contribution in [0.2, 0.25) is 0 Å². The van der Waals surface area contributed by atoms with E-state index < -0.39 is 15.8 Å². The van der Waals surface area contributed by atoms with Crippen molar-refractivity contribution in [2.24, 2.45) is 5.92 Å². The Bertz CT molecular complexity index is 783. The van der Waals surface area contributed by atoms with Crippen molar-refractivity contribution in [3.8, 4) is 0 Å². The van der Waals surface area contributed by atoms with Crippen molar-refractivity contribution in [2.75, 3.05) is 11.5 Å². The second kappa shape index (κ2) is 5.10. The fraction of sp³-hybridized carbons (Fsp3) is 0.462. The van der Waals surface area contributed by atoms with Crippen molar-refractivity contribution in [2.45, 2.75) is 19.3 Å². The lowest BCUT2D eigenvalue weighted by atomic mass is 9.99. The molecule has 2 aromatic rings. The summed E-state index contributed by atoms with van der Waals surface area (Å²) in [4.78, 5) is 15.2. The maximum atomic E-state index is 11.4. The lowest BCUT2D eigenvalue weighted by molar-refractivity contribution is 0.0697. The van der Waals surface area contributed by atoms with E-state index in [1.54, 1.807) is 10.7 Å². The number of aromatic carboxylic acids is 1. The third-order valence-corrected chi connectivity index (χ3v) is 5.49. The minimum atomic E-state index is -2.86. The zero-order valence-corrected chi connectivity index (χ0v) is 12.1. The molecule has 1 N–H and O–H groups in total. The number of carboxylic acid groups (broad SMARTS) is 1. The third kappa shape index (κ3) is 3.05.